The highest BCUT2D eigenvalue weighted by Crippen LogP contribution is 2.35. The average molecular weight is 500 g/mol. The number of aromatic hydroxyl groups is 1. The van der Waals surface area contributed by atoms with Gasteiger partial charge in [0.15, 0.2) is 24.3 Å². The monoisotopic (exact) mass is 499 g/mol. The maximum atomic E-state index is 15.1. The number of nitrogens with zero attached hydrogens (tertiary/aromatic N) is 2. The smallest absolute Gasteiger partial charge is 0.351 e. The van der Waals surface area contributed by atoms with Crippen molar-refractivity contribution in [1.29, 1.82) is 0 Å². The number of carbonyl (C=O) groups is 2. The number of benzene rings is 1. The Labute approximate surface area is 184 Å². The second kappa shape index (κ2) is 9.43. The molecule has 0 amide bonds. The number of rotatable bonds is 6. The van der Waals surface area contributed by atoms with E-state index in [4.69, 9.17) is 14.2 Å². The van der Waals surface area contributed by atoms with Gasteiger partial charge in [-0.2, -0.15) is 4.98 Å². The summed E-state index contributed by atoms with van der Waals surface area (Å²) in [6, 6.07) is 6.34. The molecule has 12 heteroatoms. The molecule has 2 aromatic rings. The average Bonchev–Trinajstić information content (AvgIpc) is 2.99. The molecule has 0 spiro atoms. The molecule has 3 rings (SSSR count). The molecular formula is C19H19BrFN3O7. The van der Waals surface area contributed by atoms with Crippen molar-refractivity contribution in [1.82, 2.24) is 9.55 Å². The molecule has 1 aromatic heterocycles. The fourth-order valence-corrected chi connectivity index (χ4v) is 3.41. The Morgan fingerprint density at radius 2 is 2.03 bits per heavy atom. The predicted molar refractivity (Wildman–Crippen MR) is 109 cm³/mol. The summed E-state index contributed by atoms with van der Waals surface area (Å²) in [7, 11) is 0. The molecule has 31 heavy (non-hydrogen) atoms. The topological polar surface area (TPSA) is 129 Å². The number of esters is 2. The first-order valence-corrected chi connectivity index (χ1v) is 9.90. The normalized spacial score (nSPS) is 22.7. The molecule has 2 unspecified atom stereocenters. The van der Waals surface area contributed by atoms with Crippen LogP contribution < -0.4 is 11.0 Å². The highest BCUT2D eigenvalue weighted by Gasteiger charge is 2.49. The SMILES string of the molecule is CC(=O)OC[C@H]1O[C@@H](n2cc(Br)c(Nc3ccccc3O)nc2=O)C(F)C1OC(C)=O. The van der Waals surface area contributed by atoms with E-state index in [2.05, 4.69) is 26.2 Å². The number of phenols is 1. The zero-order valence-corrected chi connectivity index (χ0v) is 18.0. The largest absolute Gasteiger partial charge is 0.506 e. The molecule has 0 radical (unpaired) electrons. The molecule has 4 atom stereocenters. The van der Waals surface area contributed by atoms with Crippen LogP contribution in [0.2, 0.25) is 0 Å². The van der Waals surface area contributed by atoms with E-state index in [1.165, 1.54) is 19.2 Å². The van der Waals surface area contributed by atoms with E-state index in [9.17, 15) is 19.5 Å². The number of anilines is 2. The Kier molecular flexibility index (Phi) is 6.91. The molecule has 1 fully saturated rings. The highest BCUT2D eigenvalue weighted by atomic mass is 79.9. The lowest BCUT2D eigenvalue weighted by atomic mass is 10.1. The van der Waals surface area contributed by atoms with Crippen LogP contribution in [0, 0.1) is 0 Å². The maximum absolute atomic E-state index is 15.1. The number of nitrogens with one attached hydrogen (secondary N) is 1. The number of halogens is 2. The summed E-state index contributed by atoms with van der Waals surface area (Å²) < 4.78 is 31.7. The Morgan fingerprint density at radius 3 is 2.68 bits per heavy atom. The van der Waals surface area contributed by atoms with E-state index in [0.717, 1.165) is 11.5 Å². The van der Waals surface area contributed by atoms with Crippen LogP contribution in [0.15, 0.2) is 39.7 Å². The number of phenolic OH excluding ortho intramolecular Hbond substituents is 1. The predicted octanol–water partition coefficient (Wildman–Crippen LogP) is 2.19. The second-order valence-electron chi connectivity index (χ2n) is 6.66. The molecule has 0 aliphatic carbocycles. The van der Waals surface area contributed by atoms with E-state index in [-0.39, 0.29) is 22.6 Å². The first-order chi connectivity index (χ1) is 14.7. The first kappa shape index (κ1) is 22.7. The van der Waals surface area contributed by atoms with E-state index >= 15 is 4.39 Å². The van der Waals surface area contributed by atoms with Crippen LogP contribution in [0.5, 0.6) is 5.75 Å². The third kappa shape index (κ3) is 5.20. The summed E-state index contributed by atoms with van der Waals surface area (Å²) in [5, 5.41) is 12.7. The number of ether oxygens (including phenoxy) is 3. The molecule has 2 N–H and O–H groups in total. The van der Waals surface area contributed by atoms with Crippen molar-refractivity contribution in [3.63, 3.8) is 0 Å². The van der Waals surface area contributed by atoms with Crippen molar-refractivity contribution in [3.05, 3.63) is 45.4 Å². The van der Waals surface area contributed by atoms with Crippen molar-refractivity contribution in [2.45, 2.75) is 38.5 Å². The van der Waals surface area contributed by atoms with Crippen LogP contribution in [0.3, 0.4) is 0 Å². The van der Waals surface area contributed by atoms with Crippen molar-refractivity contribution in [2.24, 2.45) is 0 Å². The van der Waals surface area contributed by atoms with Crippen molar-refractivity contribution < 1.29 is 33.3 Å². The summed E-state index contributed by atoms with van der Waals surface area (Å²) in [5.74, 6) is -1.34. The minimum Gasteiger partial charge on any atom is -0.506 e. The van der Waals surface area contributed by atoms with Gasteiger partial charge in [-0.3, -0.25) is 14.2 Å². The zero-order valence-electron chi connectivity index (χ0n) is 16.5. The van der Waals surface area contributed by atoms with Crippen LogP contribution in [0.25, 0.3) is 0 Å². The van der Waals surface area contributed by atoms with Crippen LogP contribution in [0.4, 0.5) is 15.9 Å². The van der Waals surface area contributed by atoms with Gasteiger partial charge in [0.05, 0.1) is 10.2 Å². The summed E-state index contributed by atoms with van der Waals surface area (Å²) in [6.45, 7) is 1.91. The Morgan fingerprint density at radius 1 is 1.32 bits per heavy atom. The summed E-state index contributed by atoms with van der Waals surface area (Å²) in [6.07, 6.45) is -4.63. The van der Waals surface area contributed by atoms with Gasteiger partial charge >= 0.3 is 17.6 Å². The minimum atomic E-state index is -1.92. The van der Waals surface area contributed by atoms with E-state index in [1.54, 1.807) is 18.2 Å². The molecule has 0 bridgehead atoms. The zero-order chi connectivity index (χ0) is 22.7. The van der Waals surface area contributed by atoms with Crippen LogP contribution >= 0.6 is 15.9 Å². The molecule has 2 heterocycles. The Hall–Kier alpha value is -2.99. The van der Waals surface area contributed by atoms with Crippen molar-refractivity contribution in [3.8, 4) is 5.75 Å². The molecule has 1 aromatic carbocycles. The fraction of sp³-hybridized carbons (Fsp3) is 0.368. The number of carbonyl (C=O) groups excluding carboxylic acids is 2. The minimum absolute atomic E-state index is 0.0548. The quantitative estimate of drug-likeness (QED) is 0.453. The molecular weight excluding hydrogens is 481 g/mol. The van der Waals surface area contributed by atoms with E-state index < -0.39 is 42.2 Å². The number of hydrogen-bond acceptors (Lipinski definition) is 9. The number of para-hydroxylation sites is 2. The van der Waals surface area contributed by atoms with Gasteiger partial charge in [0.25, 0.3) is 0 Å². The number of hydrogen-bond donors (Lipinski definition) is 2. The van der Waals surface area contributed by atoms with Crippen LogP contribution in [-0.2, 0) is 23.8 Å². The molecule has 1 aliphatic heterocycles. The van der Waals surface area contributed by atoms with Gasteiger partial charge in [0, 0.05) is 20.0 Å². The van der Waals surface area contributed by atoms with Crippen LogP contribution in [0.1, 0.15) is 20.1 Å². The molecule has 1 aliphatic rings. The van der Waals surface area contributed by atoms with Crippen molar-refractivity contribution in [2.75, 3.05) is 11.9 Å². The summed E-state index contributed by atoms with van der Waals surface area (Å²) in [4.78, 5) is 38.9. The fourth-order valence-electron chi connectivity index (χ4n) is 3.01. The third-order valence-corrected chi connectivity index (χ3v) is 4.94. The highest BCUT2D eigenvalue weighted by molar-refractivity contribution is 9.10. The standard InChI is InChI=1S/C19H19BrFN3O7/c1-9(25)29-8-14-16(30-10(2)26)15(21)18(31-14)24-7-11(20)17(23-19(24)28)22-12-5-3-4-6-13(12)27/h3-7,14-16,18,27H,8H2,1-2H3,(H,22,23,28)/t14-,15?,16?,18-/m1/s1. The molecule has 0 saturated carbocycles. The van der Waals surface area contributed by atoms with Gasteiger partial charge in [0.2, 0.25) is 0 Å². The number of alkyl halides is 1. The van der Waals surface area contributed by atoms with Gasteiger partial charge in [-0.25, -0.2) is 9.18 Å². The summed E-state index contributed by atoms with van der Waals surface area (Å²) in [5.41, 5.74) is -0.548. The second-order valence-corrected chi connectivity index (χ2v) is 7.51. The van der Waals surface area contributed by atoms with E-state index in [1.807, 2.05) is 0 Å². The third-order valence-electron chi connectivity index (χ3n) is 4.36. The van der Waals surface area contributed by atoms with E-state index in [0.29, 0.717) is 5.69 Å². The van der Waals surface area contributed by atoms with Gasteiger partial charge in [-0.15, -0.1) is 0 Å². The maximum Gasteiger partial charge on any atom is 0.351 e. The first-order valence-electron chi connectivity index (χ1n) is 9.11. The Bertz CT molecular complexity index is 1050. The molecule has 166 valence electrons. The van der Waals surface area contributed by atoms with Gasteiger partial charge in [0.1, 0.15) is 18.5 Å². The summed E-state index contributed by atoms with van der Waals surface area (Å²) >= 11 is 3.25. The van der Waals surface area contributed by atoms with Crippen LogP contribution in [-0.4, -0.2) is 51.6 Å². The van der Waals surface area contributed by atoms with Crippen molar-refractivity contribution >= 4 is 39.4 Å². The molecule has 10 nitrogen and oxygen atoms in total. The van der Waals surface area contributed by atoms with Gasteiger partial charge in [-0.05, 0) is 28.1 Å². The lowest BCUT2D eigenvalue weighted by Gasteiger charge is -2.18. The number of aromatic nitrogens is 2. The Balaban J connectivity index is 1.88. The molecule has 1 saturated heterocycles. The van der Waals surface area contributed by atoms with Gasteiger partial charge < -0.3 is 24.6 Å². The van der Waals surface area contributed by atoms with Gasteiger partial charge in [-0.1, -0.05) is 12.1 Å². The lowest BCUT2D eigenvalue weighted by Crippen LogP contribution is -2.37. The lowest BCUT2D eigenvalue weighted by molar-refractivity contribution is -0.156.